The molecular weight excluding hydrogens is 131 g/mol. The van der Waals surface area contributed by atoms with Crippen LogP contribution in [0.4, 0.5) is 0 Å². The van der Waals surface area contributed by atoms with E-state index in [1.165, 1.54) is 0 Å². The van der Waals surface area contributed by atoms with Crippen molar-refractivity contribution < 1.29 is 0 Å². The maximum atomic E-state index is 5.48. The third kappa shape index (κ3) is 1.84. The molecule has 0 N–H and O–H groups in total. The second-order valence-corrected chi connectivity index (χ2v) is 2.35. The molecular formula is C10H9B. The largest absolute Gasteiger partial charge is 0.113 e. The van der Waals surface area contributed by atoms with Crippen LogP contribution in [0.2, 0.25) is 0 Å². The topological polar surface area (TPSA) is 0 Å². The minimum atomic E-state index is 0.598. The lowest BCUT2D eigenvalue weighted by atomic mass is 9.90. The highest BCUT2D eigenvalue weighted by Crippen LogP contribution is 2.10. The molecule has 0 aliphatic heterocycles. The Morgan fingerprint density at radius 2 is 1.82 bits per heavy atom. The van der Waals surface area contributed by atoms with Crippen LogP contribution in [0, 0.1) is 0 Å². The van der Waals surface area contributed by atoms with E-state index in [0.717, 1.165) is 11.1 Å². The Morgan fingerprint density at radius 1 is 1.27 bits per heavy atom. The van der Waals surface area contributed by atoms with Gasteiger partial charge >= 0.3 is 0 Å². The van der Waals surface area contributed by atoms with Crippen LogP contribution in [-0.2, 0) is 0 Å². The van der Waals surface area contributed by atoms with Gasteiger partial charge in [-0.2, -0.15) is 0 Å². The van der Waals surface area contributed by atoms with Crippen molar-refractivity contribution in [2.45, 2.75) is 0 Å². The first-order chi connectivity index (χ1) is 5.24. The van der Waals surface area contributed by atoms with Gasteiger partial charge in [-0.15, -0.1) is 6.58 Å². The molecule has 0 aromatic heterocycles. The minimum Gasteiger partial charge on any atom is -0.106 e. The van der Waals surface area contributed by atoms with Crippen molar-refractivity contribution in [2.24, 2.45) is 0 Å². The second-order valence-electron chi connectivity index (χ2n) is 2.35. The van der Waals surface area contributed by atoms with Gasteiger partial charge in [0.15, 0.2) is 0 Å². The van der Waals surface area contributed by atoms with Crippen molar-refractivity contribution >= 4 is 19.4 Å². The fourth-order valence-corrected chi connectivity index (χ4v) is 0.833. The Kier molecular flexibility index (Phi) is 2.32. The third-order valence-electron chi connectivity index (χ3n) is 1.52. The Labute approximate surface area is 68.7 Å². The molecule has 0 unspecified atom stereocenters. The van der Waals surface area contributed by atoms with E-state index in [2.05, 4.69) is 13.2 Å². The molecule has 0 aliphatic rings. The molecule has 0 atom stereocenters. The molecule has 0 saturated heterocycles. The van der Waals surface area contributed by atoms with E-state index >= 15 is 0 Å². The SMILES string of the molecule is [B]C(=C)c1ccc(C=C)cc1. The Balaban J connectivity index is 3.00. The summed E-state index contributed by atoms with van der Waals surface area (Å²) in [6, 6.07) is 7.78. The van der Waals surface area contributed by atoms with Gasteiger partial charge in [-0.05, 0) is 11.1 Å². The van der Waals surface area contributed by atoms with E-state index in [1.807, 2.05) is 24.3 Å². The summed E-state index contributed by atoms with van der Waals surface area (Å²) in [6.07, 6.45) is 1.79. The van der Waals surface area contributed by atoms with Crippen LogP contribution in [0.15, 0.2) is 37.4 Å². The summed E-state index contributed by atoms with van der Waals surface area (Å²) in [6.45, 7) is 7.28. The fourth-order valence-electron chi connectivity index (χ4n) is 0.833. The lowest BCUT2D eigenvalue weighted by Crippen LogP contribution is -1.80. The molecule has 1 rings (SSSR count). The van der Waals surface area contributed by atoms with Crippen LogP contribution < -0.4 is 0 Å². The van der Waals surface area contributed by atoms with Crippen molar-refractivity contribution in [1.82, 2.24) is 0 Å². The molecule has 1 aromatic carbocycles. The van der Waals surface area contributed by atoms with Crippen molar-refractivity contribution in [3.63, 3.8) is 0 Å². The Morgan fingerprint density at radius 3 is 2.18 bits per heavy atom. The van der Waals surface area contributed by atoms with Crippen LogP contribution >= 0.6 is 0 Å². The molecule has 0 fully saturated rings. The predicted octanol–water partition coefficient (Wildman–Crippen LogP) is 2.47. The van der Waals surface area contributed by atoms with Crippen LogP contribution in [0.5, 0.6) is 0 Å². The van der Waals surface area contributed by atoms with Crippen LogP contribution in [0.3, 0.4) is 0 Å². The maximum absolute atomic E-state index is 5.48. The molecule has 0 aliphatic carbocycles. The van der Waals surface area contributed by atoms with E-state index in [1.54, 1.807) is 6.08 Å². The molecule has 0 heterocycles. The highest BCUT2D eigenvalue weighted by molar-refractivity contribution is 6.41. The molecule has 1 aromatic rings. The van der Waals surface area contributed by atoms with Crippen molar-refractivity contribution in [3.8, 4) is 0 Å². The van der Waals surface area contributed by atoms with Gasteiger partial charge < -0.3 is 0 Å². The Bertz CT molecular complexity index is 269. The third-order valence-corrected chi connectivity index (χ3v) is 1.52. The normalized spacial score (nSPS) is 9.09. The van der Waals surface area contributed by atoms with Gasteiger partial charge in [0.2, 0.25) is 0 Å². The number of hydrogen-bond acceptors (Lipinski definition) is 0. The first-order valence-electron chi connectivity index (χ1n) is 3.41. The molecule has 0 saturated carbocycles. The predicted molar refractivity (Wildman–Crippen MR) is 51.3 cm³/mol. The van der Waals surface area contributed by atoms with Crippen molar-refractivity contribution in [1.29, 1.82) is 0 Å². The summed E-state index contributed by atoms with van der Waals surface area (Å²) in [5, 5.41) is 0. The summed E-state index contributed by atoms with van der Waals surface area (Å²) in [7, 11) is 5.48. The van der Waals surface area contributed by atoms with Gasteiger partial charge in [0.25, 0.3) is 0 Å². The van der Waals surface area contributed by atoms with Crippen molar-refractivity contribution in [3.05, 3.63) is 48.6 Å². The van der Waals surface area contributed by atoms with Gasteiger partial charge in [-0.25, -0.2) is 0 Å². The molecule has 1 heteroatoms. The highest BCUT2D eigenvalue weighted by atomic mass is 13.9. The zero-order valence-electron chi connectivity index (χ0n) is 6.38. The second kappa shape index (κ2) is 3.24. The zero-order valence-corrected chi connectivity index (χ0v) is 6.38. The summed E-state index contributed by atoms with van der Waals surface area (Å²) in [4.78, 5) is 0. The van der Waals surface area contributed by atoms with Gasteiger partial charge in [0.05, 0.1) is 0 Å². The van der Waals surface area contributed by atoms with Crippen LogP contribution in [0.25, 0.3) is 11.5 Å². The molecule has 11 heavy (non-hydrogen) atoms. The molecule has 0 amide bonds. The number of rotatable bonds is 2. The van der Waals surface area contributed by atoms with Crippen LogP contribution in [0.1, 0.15) is 11.1 Å². The summed E-state index contributed by atoms with van der Waals surface area (Å²) in [5.74, 6) is 0. The molecule has 0 nitrogen and oxygen atoms in total. The molecule has 52 valence electrons. The van der Waals surface area contributed by atoms with Gasteiger partial charge in [-0.1, -0.05) is 42.4 Å². The molecule has 0 bridgehead atoms. The van der Waals surface area contributed by atoms with E-state index in [4.69, 9.17) is 7.85 Å². The number of hydrogen-bond donors (Lipinski definition) is 0. The van der Waals surface area contributed by atoms with Crippen molar-refractivity contribution in [2.75, 3.05) is 0 Å². The van der Waals surface area contributed by atoms with E-state index in [0.29, 0.717) is 5.47 Å². The van der Waals surface area contributed by atoms with Gasteiger partial charge in [0.1, 0.15) is 7.85 Å². The van der Waals surface area contributed by atoms with Gasteiger partial charge in [0, 0.05) is 0 Å². The average molecular weight is 140 g/mol. The molecule has 2 radical (unpaired) electrons. The maximum Gasteiger partial charge on any atom is 0.113 e. The Hall–Kier alpha value is -1.24. The summed E-state index contributed by atoms with van der Waals surface area (Å²) >= 11 is 0. The first-order valence-corrected chi connectivity index (χ1v) is 3.41. The smallest absolute Gasteiger partial charge is 0.106 e. The van der Waals surface area contributed by atoms with Gasteiger partial charge in [-0.3, -0.25) is 0 Å². The summed E-state index contributed by atoms with van der Waals surface area (Å²) in [5.41, 5.74) is 2.66. The standard InChI is InChI=1S/C10H9B/c1-3-9-4-6-10(7-5-9)8(2)11/h3-7H,1-2H2. The van der Waals surface area contributed by atoms with E-state index < -0.39 is 0 Å². The highest BCUT2D eigenvalue weighted by Gasteiger charge is 1.90. The number of benzene rings is 1. The van der Waals surface area contributed by atoms with E-state index in [-0.39, 0.29) is 0 Å². The first kappa shape index (κ1) is 7.87. The van der Waals surface area contributed by atoms with Crippen LogP contribution in [-0.4, -0.2) is 7.85 Å². The average Bonchev–Trinajstić information content (AvgIpc) is 2.05. The lowest BCUT2D eigenvalue weighted by molar-refractivity contribution is 1.62. The monoisotopic (exact) mass is 140 g/mol. The minimum absolute atomic E-state index is 0.598. The quantitative estimate of drug-likeness (QED) is 0.553. The fraction of sp³-hybridized carbons (Fsp3) is 0. The summed E-state index contributed by atoms with van der Waals surface area (Å²) < 4.78 is 0. The zero-order chi connectivity index (χ0) is 8.27. The van der Waals surface area contributed by atoms with E-state index in [9.17, 15) is 0 Å². The molecule has 0 spiro atoms. The lowest BCUT2D eigenvalue weighted by Gasteiger charge is -1.99.